The molecule has 1 amide bonds. The Balaban J connectivity index is 2.00. The SMILES string of the molecule is COC(CN)CC(=O)NCc1cccnc1Oc1cccc(F)c1. The lowest BCUT2D eigenvalue weighted by Crippen LogP contribution is -2.32. The Labute approximate surface area is 139 Å². The first-order chi connectivity index (χ1) is 11.6. The number of rotatable bonds is 8. The van der Waals surface area contributed by atoms with E-state index in [1.807, 2.05) is 0 Å². The number of methoxy groups -OCH3 is 1. The normalized spacial score (nSPS) is 11.8. The van der Waals surface area contributed by atoms with Crippen molar-refractivity contribution in [2.24, 2.45) is 5.73 Å². The standard InChI is InChI=1S/C17H20FN3O3/c1-23-15(10-19)9-16(22)21-11-12-4-3-7-20-17(12)24-14-6-2-5-13(18)8-14/h2-8,15H,9-11,19H2,1H3,(H,21,22). The summed E-state index contributed by atoms with van der Waals surface area (Å²) in [5.41, 5.74) is 6.17. The third-order valence-electron chi connectivity index (χ3n) is 3.35. The number of carbonyl (C=O) groups is 1. The topological polar surface area (TPSA) is 86.5 Å². The Morgan fingerprint density at radius 3 is 2.92 bits per heavy atom. The molecule has 0 saturated heterocycles. The summed E-state index contributed by atoms with van der Waals surface area (Å²) in [6.45, 7) is 0.503. The Morgan fingerprint density at radius 1 is 1.38 bits per heavy atom. The number of pyridine rings is 1. The quantitative estimate of drug-likeness (QED) is 0.771. The third-order valence-corrected chi connectivity index (χ3v) is 3.35. The van der Waals surface area contributed by atoms with Gasteiger partial charge < -0.3 is 20.5 Å². The molecule has 6 nitrogen and oxygen atoms in total. The molecule has 3 N–H and O–H groups in total. The zero-order valence-electron chi connectivity index (χ0n) is 13.4. The van der Waals surface area contributed by atoms with Crippen molar-refractivity contribution in [1.29, 1.82) is 0 Å². The zero-order valence-corrected chi connectivity index (χ0v) is 13.4. The number of hydrogen-bond donors (Lipinski definition) is 2. The number of nitrogens with zero attached hydrogens (tertiary/aromatic N) is 1. The lowest BCUT2D eigenvalue weighted by Gasteiger charge is -2.14. The molecule has 0 fully saturated rings. The van der Waals surface area contributed by atoms with Gasteiger partial charge in [0, 0.05) is 38.0 Å². The van der Waals surface area contributed by atoms with Crippen LogP contribution in [0.3, 0.4) is 0 Å². The van der Waals surface area contributed by atoms with Crippen molar-refractivity contribution in [3.63, 3.8) is 0 Å². The van der Waals surface area contributed by atoms with E-state index in [0.717, 1.165) is 0 Å². The van der Waals surface area contributed by atoms with E-state index < -0.39 is 5.82 Å². The van der Waals surface area contributed by atoms with Crippen LogP contribution in [0.5, 0.6) is 11.6 Å². The second kappa shape index (κ2) is 8.95. The summed E-state index contributed by atoms with van der Waals surface area (Å²) in [5.74, 6) is 0.0629. The molecule has 1 aromatic heterocycles. The minimum atomic E-state index is -0.398. The van der Waals surface area contributed by atoms with Crippen LogP contribution in [-0.4, -0.2) is 30.6 Å². The van der Waals surface area contributed by atoms with E-state index in [-0.39, 0.29) is 31.5 Å². The van der Waals surface area contributed by atoms with Crippen molar-refractivity contribution in [2.45, 2.75) is 19.1 Å². The van der Waals surface area contributed by atoms with E-state index in [1.54, 1.807) is 30.5 Å². The number of benzene rings is 1. The van der Waals surface area contributed by atoms with Gasteiger partial charge in [-0.3, -0.25) is 4.79 Å². The molecule has 0 bridgehead atoms. The average Bonchev–Trinajstić information content (AvgIpc) is 2.59. The molecule has 7 heteroatoms. The van der Waals surface area contributed by atoms with Crippen LogP contribution in [0.25, 0.3) is 0 Å². The first-order valence-electron chi connectivity index (χ1n) is 7.49. The van der Waals surface area contributed by atoms with Gasteiger partial charge in [0.05, 0.1) is 12.5 Å². The highest BCUT2D eigenvalue weighted by molar-refractivity contribution is 5.76. The highest BCUT2D eigenvalue weighted by atomic mass is 19.1. The van der Waals surface area contributed by atoms with Gasteiger partial charge in [0.15, 0.2) is 0 Å². The van der Waals surface area contributed by atoms with Crippen LogP contribution in [0.15, 0.2) is 42.6 Å². The number of aromatic nitrogens is 1. The fourth-order valence-corrected chi connectivity index (χ4v) is 2.03. The maximum absolute atomic E-state index is 13.2. The molecular weight excluding hydrogens is 313 g/mol. The summed E-state index contributed by atoms with van der Waals surface area (Å²) in [7, 11) is 1.51. The highest BCUT2D eigenvalue weighted by Gasteiger charge is 2.13. The van der Waals surface area contributed by atoms with Gasteiger partial charge in [-0.05, 0) is 18.2 Å². The van der Waals surface area contributed by atoms with Crippen LogP contribution in [0.4, 0.5) is 4.39 Å². The molecule has 24 heavy (non-hydrogen) atoms. The fourth-order valence-electron chi connectivity index (χ4n) is 2.03. The van der Waals surface area contributed by atoms with Gasteiger partial charge in [0.1, 0.15) is 11.6 Å². The zero-order chi connectivity index (χ0) is 17.4. The second-order valence-corrected chi connectivity index (χ2v) is 5.10. The predicted molar refractivity (Wildman–Crippen MR) is 87.0 cm³/mol. The van der Waals surface area contributed by atoms with Crippen LogP contribution in [0.2, 0.25) is 0 Å². The number of amides is 1. The summed E-state index contributed by atoms with van der Waals surface area (Å²) >= 11 is 0. The van der Waals surface area contributed by atoms with Gasteiger partial charge in [0.25, 0.3) is 0 Å². The molecular formula is C17H20FN3O3. The summed E-state index contributed by atoms with van der Waals surface area (Å²) in [6, 6.07) is 9.28. The predicted octanol–water partition coefficient (Wildman–Crippen LogP) is 1.99. The van der Waals surface area contributed by atoms with E-state index in [0.29, 0.717) is 17.2 Å². The molecule has 0 spiro atoms. The molecule has 1 unspecified atom stereocenters. The number of halogens is 1. The van der Waals surface area contributed by atoms with Gasteiger partial charge in [-0.15, -0.1) is 0 Å². The number of nitrogens with two attached hydrogens (primary N) is 1. The summed E-state index contributed by atoms with van der Waals surface area (Å²) in [4.78, 5) is 16.0. The van der Waals surface area contributed by atoms with E-state index in [4.69, 9.17) is 15.2 Å². The van der Waals surface area contributed by atoms with Gasteiger partial charge in [0.2, 0.25) is 11.8 Å². The molecule has 0 aliphatic carbocycles. The van der Waals surface area contributed by atoms with E-state index in [2.05, 4.69) is 10.3 Å². The molecule has 0 radical (unpaired) electrons. The van der Waals surface area contributed by atoms with Crippen LogP contribution >= 0.6 is 0 Å². The van der Waals surface area contributed by atoms with E-state index in [9.17, 15) is 9.18 Å². The van der Waals surface area contributed by atoms with Crippen LogP contribution in [-0.2, 0) is 16.1 Å². The summed E-state index contributed by atoms with van der Waals surface area (Å²) in [5, 5.41) is 2.77. The molecule has 0 aliphatic heterocycles. The molecule has 2 rings (SSSR count). The smallest absolute Gasteiger partial charge is 0.224 e. The fraction of sp³-hybridized carbons (Fsp3) is 0.294. The number of carbonyl (C=O) groups excluding carboxylic acids is 1. The van der Waals surface area contributed by atoms with Crippen LogP contribution in [0, 0.1) is 5.82 Å². The number of nitrogens with one attached hydrogen (secondary N) is 1. The molecule has 0 aliphatic rings. The van der Waals surface area contributed by atoms with Gasteiger partial charge in [-0.1, -0.05) is 12.1 Å². The van der Waals surface area contributed by atoms with Crippen molar-refractivity contribution < 1.29 is 18.7 Å². The lowest BCUT2D eigenvalue weighted by atomic mass is 10.2. The average molecular weight is 333 g/mol. The van der Waals surface area contributed by atoms with Crippen molar-refractivity contribution >= 4 is 5.91 Å². The maximum atomic E-state index is 13.2. The molecule has 1 atom stereocenters. The van der Waals surface area contributed by atoms with Crippen molar-refractivity contribution in [3.05, 3.63) is 54.0 Å². The first-order valence-corrected chi connectivity index (χ1v) is 7.49. The number of hydrogen-bond acceptors (Lipinski definition) is 5. The van der Waals surface area contributed by atoms with Crippen LogP contribution < -0.4 is 15.8 Å². The van der Waals surface area contributed by atoms with Crippen molar-refractivity contribution in [1.82, 2.24) is 10.3 Å². The second-order valence-electron chi connectivity index (χ2n) is 5.10. The largest absolute Gasteiger partial charge is 0.439 e. The van der Waals surface area contributed by atoms with Gasteiger partial charge in [-0.25, -0.2) is 9.37 Å². The molecule has 0 saturated carbocycles. The summed E-state index contributed by atoms with van der Waals surface area (Å²) < 4.78 is 23.9. The first kappa shape index (κ1) is 17.8. The van der Waals surface area contributed by atoms with Gasteiger partial charge >= 0.3 is 0 Å². The third kappa shape index (κ3) is 5.29. The lowest BCUT2D eigenvalue weighted by molar-refractivity contribution is -0.123. The summed E-state index contributed by atoms with van der Waals surface area (Å²) in [6.07, 6.45) is 1.42. The molecule has 128 valence electrons. The van der Waals surface area contributed by atoms with E-state index >= 15 is 0 Å². The van der Waals surface area contributed by atoms with Crippen molar-refractivity contribution in [2.75, 3.05) is 13.7 Å². The monoisotopic (exact) mass is 333 g/mol. The van der Waals surface area contributed by atoms with Crippen molar-refractivity contribution in [3.8, 4) is 11.6 Å². The van der Waals surface area contributed by atoms with Crippen LogP contribution in [0.1, 0.15) is 12.0 Å². The Bertz CT molecular complexity index is 678. The Morgan fingerprint density at radius 2 is 2.21 bits per heavy atom. The van der Waals surface area contributed by atoms with Gasteiger partial charge in [-0.2, -0.15) is 0 Å². The molecule has 1 heterocycles. The highest BCUT2D eigenvalue weighted by Crippen LogP contribution is 2.23. The molecule has 1 aromatic carbocycles. The number of ether oxygens (including phenoxy) is 2. The Hall–Kier alpha value is -2.51. The molecule has 2 aromatic rings. The maximum Gasteiger partial charge on any atom is 0.224 e. The van der Waals surface area contributed by atoms with E-state index in [1.165, 1.54) is 19.2 Å². The minimum absolute atomic E-state index is 0.174. The Kier molecular flexibility index (Phi) is 6.65. The minimum Gasteiger partial charge on any atom is -0.439 e.